The molecule has 1 saturated carbocycles. The first kappa shape index (κ1) is 12.4. The first-order valence-electron chi connectivity index (χ1n) is 6.65. The standard InChI is InChI=1S/C14H22N2O/c1-2-12(15)9-11-7-8-14(16-10-11)17-13-5-3-4-6-13/h7-8,10,12-13H,2-6,9,15H2,1H3. The molecule has 0 spiro atoms. The smallest absolute Gasteiger partial charge is 0.213 e. The maximum atomic E-state index is 5.92. The highest BCUT2D eigenvalue weighted by molar-refractivity contribution is 5.19. The summed E-state index contributed by atoms with van der Waals surface area (Å²) in [6.07, 6.45) is 9.08. The maximum absolute atomic E-state index is 5.92. The highest BCUT2D eigenvalue weighted by atomic mass is 16.5. The van der Waals surface area contributed by atoms with Gasteiger partial charge in [0, 0.05) is 18.3 Å². The second-order valence-corrected chi connectivity index (χ2v) is 4.90. The highest BCUT2D eigenvalue weighted by Gasteiger charge is 2.16. The summed E-state index contributed by atoms with van der Waals surface area (Å²) in [4.78, 5) is 4.35. The van der Waals surface area contributed by atoms with Crippen molar-refractivity contribution in [1.82, 2.24) is 4.98 Å². The summed E-state index contributed by atoms with van der Waals surface area (Å²) in [7, 11) is 0. The largest absolute Gasteiger partial charge is 0.474 e. The molecule has 1 aliphatic carbocycles. The molecule has 0 radical (unpaired) electrons. The van der Waals surface area contributed by atoms with Crippen molar-refractivity contribution in [2.45, 2.75) is 57.6 Å². The minimum absolute atomic E-state index is 0.235. The number of aromatic nitrogens is 1. The van der Waals surface area contributed by atoms with Crippen LogP contribution in [0.15, 0.2) is 18.3 Å². The van der Waals surface area contributed by atoms with Gasteiger partial charge in [-0.3, -0.25) is 0 Å². The van der Waals surface area contributed by atoms with Crippen LogP contribution in [-0.2, 0) is 6.42 Å². The molecule has 1 atom stereocenters. The van der Waals surface area contributed by atoms with Gasteiger partial charge in [0.1, 0.15) is 6.10 Å². The molecule has 0 saturated heterocycles. The van der Waals surface area contributed by atoms with Gasteiger partial charge in [-0.2, -0.15) is 0 Å². The molecule has 0 amide bonds. The van der Waals surface area contributed by atoms with Crippen molar-refractivity contribution >= 4 is 0 Å². The lowest BCUT2D eigenvalue weighted by atomic mass is 10.1. The van der Waals surface area contributed by atoms with Gasteiger partial charge < -0.3 is 10.5 Å². The normalized spacial score (nSPS) is 18.2. The number of hydrogen-bond donors (Lipinski definition) is 1. The van der Waals surface area contributed by atoms with Crippen molar-refractivity contribution in [3.63, 3.8) is 0 Å². The fourth-order valence-electron chi connectivity index (χ4n) is 2.23. The van der Waals surface area contributed by atoms with Crippen molar-refractivity contribution in [1.29, 1.82) is 0 Å². The predicted octanol–water partition coefficient (Wildman–Crippen LogP) is 2.68. The Labute approximate surface area is 103 Å². The van der Waals surface area contributed by atoms with Gasteiger partial charge in [-0.15, -0.1) is 0 Å². The van der Waals surface area contributed by atoms with E-state index in [4.69, 9.17) is 10.5 Å². The van der Waals surface area contributed by atoms with Crippen LogP contribution in [-0.4, -0.2) is 17.1 Å². The van der Waals surface area contributed by atoms with Gasteiger partial charge in [0.05, 0.1) is 0 Å². The Bertz CT molecular complexity index is 331. The van der Waals surface area contributed by atoms with Crippen LogP contribution in [0.4, 0.5) is 0 Å². The van der Waals surface area contributed by atoms with E-state index in [1.807, 2.05) is 12.3 Å². The van der Waals surface area contributed by atoms with Crippen LogP contribution in [0.1, 0.15) is 44.6 Å². The van der Waals surface area contributed by atoms with E-state index in [1.165, 1.54) is 31.2 Å². The van der Waals surface area contributed by atoms with E-state index in [-0.39, 0.29) is 6.04 Å². The van der Waals surface area contributed by atoms with Crippen LogP contribution in [0, 0.1) is 0 Å². The Morgan fingerprint density at radius 2 is 2.18 bits per heavy atom. The Kier molecular flexibility index (Phi) is 4.37. The van der Waals surface area contributed by atoms with Gasteiger partial charge in [-0.1, -0.05) is 13.0 Å². The average molecular weight is 234 g/mol. The minimum atomic E-state index is 0.235. The molecule has 1 fully saturated rings. The molecular weight excluding hydrogens is 212 g/mol. The van der Waals surface area contributed by atoms with Crippen LogP contribution < -0.4 is 10.5 Å². The average Bonchev–Trinajstić information content (AvgIpc) is 2.84. The van der Waals surface area contributed by atoms with E-state index in [9.17, 15) is 0 Å². The van der Waals surface area contributed by atoms with E-state index in [2.05, 4.69) is 18.0 Å². The van der Waals surface area contributed by atoms with Crippen LogP contribution >= 0.6 is 0 Å². The topological polar surface area (TPSA) is 48.1 Å². The van der Waals surface area contributed by atoms with E-state index < -0.39 is 0 Å². The number of rotatable bonds is 5. The fraction of sp³-hybridized carbons (Fsp3) is 0.643. The van der Waals surface area contributed by atoms with Gasteiger partial charge in [0.25, 0.3) is 0 Å². The van der Waals surface area contributed by atoms with E-state index in [0.29, 0.717) is 6.10 Å². The third-order valence-corrected chi connectivity index (χ3v) is 3.41. The van der Waals surface area contributed by atoms with E-state index in [1.54, 1.807) is 0 Å². The van der Waals surface area contributed by atoms with E-state index in [0.717, 1.165) is 18.7 Å². The Balaban J connectivity index is 1.88. The lowest BCUT2D eigenvalue weighted by Crippen LogP contribution is -2.21. The highest BCUT2D eigenvalue weighted by Crippen LogP contribution is 2.22. The van der Waals surface area contributed by atoms with Crippen LogP contribution in [0.3, 0.4) is 0 Å². The van der Waals surface area contributed by atoms with Crippen molar-refractivity contribution in [3.8, 4) is 5.88 Å². The molecule has 1 aromatic rings. The molecule has 2 rings (SSSR count). The fourth-order valence-corrected chi connectivity index (χ4v) is 2.23. The van der Waals surface area contributed by atoms with Gasteiger partial charge in [0.2, 0.25) is 5.88 Å². The summed E-state index contributed by atoms with van der Waals surface area (Å²) >= 11 is 0. The summed E-state index contributed by atoms with van der Waals surface area (Å²) in [5.41, 5.74) is 7.11. The minimum Gasteiger partial charge on any atom is -0.474 e. The van der Waals surface area contributed by atoms with Crippen molar-refractivity contribution in [2.75, 3.05) is 0 Å². The first-order valence-corrected chi connectivity index (χ1v) is 6.65. The summed E-state index contributed by atoms with van der Waals surface area (Å²) < 4.78 is 5.82. The third kappa shape index (κ3) is 3.70. The van der Waals surface area contributed by atoms with Crippen molar-refractivity contribution in [3.05, 3.63) is 23.9 Å². The van der Waals surface area contributed by atoms with E-state index >= 15 is 0 Å². The second kappa shape index (κ2) is 6.01. The van der Waals surface area contributed by atoms with Crippen molar-refractivity contribution in [2.24, 2.45) is 5.73 Å². The van der Waals surface area contributed by atoms with Gasteiger partial charge >= 0.3 is 0 Å². The SMILES string of the molecule is CCC(N)Cc1ccc(OC2CCCC2)nc1. The Hall–Kier alpha value is -1.09. The monoisotopic (exact) mass is 234 g/mol. The second-order valence-electron chi connectivity index (χ2n) is 4.90. The summed E-state index contributed by atoms with van der Waals surface area (Å²) in [6, 6.07) is 4.28. The molecule has 0 bridgehead atoms. The van der Waals surface area contributed by atoms with Gasteiger partial charge in [-0.25, -0.2) is 4.98 Å². The molecule has 0 aromatic carbocycles. The lowest BCUT2D eigenvalue weighted by Gasteiger charge is -2.13. The molecule has 1 aromatic heterocycles. The first-order chi connectivity index (χ1) is 8.28. The zero-order valence-electron chi connectivity index (χ0n) is 10.6. The van der Waals surface area contributed by atoms with Crippen LogP contribution in [0.2, 0.25) is 0 Å². The van der Waals surface area contributed by atoms with Gasteiger partial charge in [-0.05, 0) is 44.1 Å². The Morgan fingerprint density at radius 1 is 1.41 bits per heavy atom. The molecular formula is C14H22N2O. The molecule has 0 aliphatic heterocycles. The molecule has 3 heteroatoms. The van der Waals surface area contributed by atoms with Crippen LogP contribution in [0.5, 0.6) is 5.88 Å². The predicted molar refractivity (Wildman–Crippen MR) is 69.1 cm³/mol. The van der Waals surface area contributed by atoms with Crippen molar-refractivity contribution < 1.29 is 4.74 Å². The quantitative estimate of drug-likeness (QED) is 0.852. The number of nitrogens with two attached hydrogens (primary N) is 1. The molecule has 94 valence electrons. The summed E-state index contributed by atoms with van der Waals surface area (Å²) in [5, 5.41) is 0. The molecule has 2 N–H and O–H groups in total. The zero-order chi connectivity index (χ0) is 12.1. The molecule has 3 nitrogen and oxygen atoms in total. The number of nitrogens with zero attached hydrogens (tertiary/aromatic N) is 1. The molecule has 17 heavy (non-hydrogen) atoms. The molecule has 1 heterocycles. The maximum Gasteiger partial charge on any atom is 0.213 e. The summed E-state index contributed by atoms with van der Waals surface area (Å²) in [6.45, 7) is 2.11. The Morgan fingerprint density at radius 3 is 2.76 bits per heavy atom. The third-order valence-electron chi connectivity index (χ3n) is 3.41. The molecule has 1 unspecified atom stereocenters. The van der Waals surface area contributed by atoms with Crippen LogP contribution in [0.25, 0.3) is 0 Å². The van der Waals surface area contributed by atoms with Gasteiger partial charge in [0.15, 0.2) is 0 Å². The lowest BCUT2D eigenvalue weighted by molar-refractivity contribution is 0.201. The number of ether oxygens (including phenoxy) is 1. The summed E-state index contributed by atoms with van der Waals surface area (Å²) in [5.74, 6) is 0.755. The number of hydrogen-bond acceptors (Lipinski definition) is 3. The zero-order valence-corrected chi connectivity index (χ0v) is 10.6. The molecule has 1 aliphatic rings. The number of pyridine rings is 1.